The number of carboxylic acid groups (broad SMARTS) is 1. The number of aryl methyl sites for hydroxylation is 1. The average Bonchev–Trinajstić information content (AvgIpc) is 3.11. The molecule has 7 heteroatoms. The van der Waals surface area contributed by atoms with Crippen molar-refractivity contribution in [3.8, 4) is 11.5 Å². The summed E-state index contributed by atoms with van der Waals surface area (Å²) in [4.78, 5) is 12.9. The van der Waals surface area contributed by atoms with Gasteiger partial charge in [-0.1, -0.05) is 26.3 Å². The number of fused-ring (bicyclic) bond motifs is 3. The Morgan fingerprint density at radius 2 is 1.97 bits per heavy atom. The summed E-state index contributed by atoms with van der Waals surface area (Å²) in [5.41, 5.74) is 9.50. The molecule has 2 aromatic rings. The third kappa shape index (κ3) is 5.53. The molecule has 182 valence electrons. The molecule has 4 rings (SSSR count). The lowest BCUT2D eigenvalue weighted by atomic mass is 9.95. The van der Waals surface area contributed by atoms with Gasteiger partial charge in [0.15, 0.2) is 0 Å². The lowest BCUT2D eigenvalue weighted by Crippen LogP contribution is -2.03. The summed E-state index contributed by atoms with van der Waals surface area (Å²) in [6, 6.07) is 5.72. The number of methoxy groups -OCH3 is 1. The first-order valence-corrected chi connectivity index (χ1v) is 12.5. The van der Waals surface area contributed by atoms with Gasteiger partial charge < -0.3 is 25.4 Å². The molecule has 0 aliphatic heterocycles. The number of carbonyl (C=O) groups is 1. The average molecular weight is 476 g/mol. The lowest BCUT2D eigenvalue weighted by Gasteiger charge is -2.10. The second-order valence-electron chi connectivity index (χ2n) is 9.46. The van der Waals surface area contributed by atoms with Crippen molar-refractivity contribution < 1.29 is 24.5 Å². The highest BCUT2D eigenvalue weighted by Crippen LogP contribution is 2.71. The van der Waals surface area contributed by atoms with Crippen LogP contribution in [0.4, 0.5) is 0 Å². The predicted molar refractivity (Wildman–Crippen MR) is 132 cm³/mol. The fourth-order valence-corrected chi connectivity index (χ4v) is 6.12. The largest absolute Gasteiger partial charge is 0.496 e. The van der Waals surface area contributed by atoms with E-state index in [1.165, 1.54) is 21.8 Å². The minimum absolute atomic E-state index is 0.276. The minimum Gasteiger partial charge on any atom is -0.496 e. The van der Waals surface area contributed by atoms with E-state index in [0.29, 0.717) is 35.3 Å². The zero-order chi connectivity index (χ0) is 24.2. The molecule has 2 aliphatic carbocycles. The van der Waals surface area contributed by atoms with Crippen LogP contribution in [-0.4, -0.2) is 36.5 Å². The van der Waals surface area contributed by atoms with Gasteiger partial charge in [-0.25, -0.2) is 4.79 Å². The van der Waals surface area contributed by atoms with Crippen LogP contribution < -0.4 is 15.2 Å². The summed E-state index contributed by atoms with van der Waals surface area (Å²) in [7, 11) is 1.63. The Hall–Kier alpha value is -2.09. The molecule has 0 bridgehead atoms. The summed E-state index contributed by atoms with van der Waals surface area (Å²) < 4.78 is 10.9. The molecule has 1 heterocycles. The molecule has 0 saturated heterocycles. The molecule has 0 spiro atoms. The number of benzene rings is 1. The van der Waals surface area contributed by atoms with Crippen LogP contribution in [0.5, 0.6) is 11.5 Å². The molecule has 1 aromatic carbocycles. The lowest BCUT2D eigenvalue weighted by molar-refractivity contribution is 0.0701. The van der Waals surface area contributed by atoms with Gasteiger partial charge >= 0.3 is 5.97 Å². The topological polar surface area (TPSA) is 102 Å². The molecule has 0 amide bonds. The molecule has 0 unspecified atom stereocenters. The standard InChI is InChI=1S/C14H23NO3.C12H14O2S/c1-17-14-10-13(7-6-12(14)11-15)18-9-5-3-2-4-8-16;1-5-8-6(10(15-5)11(13)14)4-7-9(8)12(7,2)3/h6-7,10,16H,2-5,8-9,11,15H2,1H3;7,9H,4H2,1-3H3,(H,13,14)/t;7-,9-/m.1/s1. The number of aromatic carboxylic acids is 1. The number of aliphatic hydroxyl groups excluding tert-OH is 1. The van der Waals surface area contributed by atoms with Crippen LogP contribution in [0.25, 0.3) is 0 Å². The van der Waals surface area contributed by atoms with E-state index in [1.807, 2.05) is 18.2 Å². The van der Waals surface area contributed by atoms with Crippen molar-refractivity contribution >= 4 is 17.3 Å². The van der Waals surface area contributed by atoms with E-state index in [4.69, 9.17) is 25.4 Å². The van der Waals surface area contributed by atoms with Gasteiger partial charge in [0.25, 0.3) is 0 Å². The highest BCUT2D eigenvalue weighted by atomic mass is 32.1. The zero-order valence-electron chi connectivity index (χ0n) is 20.1. The van der Waals surface area contributed by atoms with Crippen molar-refractivity contribution in [3.05, 3.63) is 44.6 Å². The highest BCUT2D eigenvalue weighted by Gasteiger charge is 2.63. The molecule has 1 saturated carbocycles. The summed E-state index contributed by atoms with van der Waals surface area (Å²) >= 11 is 1.46. The molecular formula is C26H37NO5S. The van der Waals surface area contributed by atoms with Crippen molar-refractivity contribution in [1.82, 2.24) is 0 Å². The van der Waals surface area contributed by atoms with Gasteiger partial charge in [0.2, 0.25) is 0 Å². The van der Waals surface area contributed by atoms with Crippen molar-refractivity contribution in [2.45, 2.75) is 65.3 Å². The highest BCUT2D eigenvalue weighted by molar-refractivity contribution is 7.14. The minimum atomic E-state index is -0.747. The van der Waals surface area contributed by atoms with Crippen LogP contribution in [-0.2, 0) is 13.0 Å². The Balaban J connectivity index is 0.000000188. The van der Waals surface area contributed by atoms with E-state index in [-0.39, 0.29) is 6.61 Å². The number of nitrogens with two attached hydrogens (primary N) is 1. The third-order valence-corrected chi connectivity index (χ3v) is 8.16. The maximum atomic E-state index is 11.1. The van der Waals surface area contributed by atoms with Gasteiger partial charge in [0.05, 0.1) is 13.7 Å². The number of rotatable bonds is 10. The van der Waals surface area contributed by atoms with Gasteiger partial charge in [-0.15, -0.1) is 11.3 Å². The van der Waals surface area contributed by atoms with Gasteiger partial charge in [-0.2, -0.15) is 0 Å². The first-order chi connectivity index (χ1) is 15.8. The quantitative estimate of drug-likeness (QED) is 0.412. The van der Waals surface area contributed by atoms with Gasteiger partial charge in [0, 0.05) is 29.7 Å². The fraction of sp³-hybridized carbons (Fsp3) is 0.577. The smallest absolute Gasteiger partial charge is 0.346 e. The number of thiophene rings is 1. The first kappa shape index (κ1) is 25.5. The Morgan fingerprint density at radius 3 is 2.61 bits per heavy atom. The van der Waals surface area contributed by atoms with Gasteiger partial charge in [-0.3, -0.25) is 0 Å². The normalized spacial score (nSPS) is 19.2. The van der Waals surface area contributed by atoms with Crippen LogP contribution in [0.2, 0.25) is 0 Å². The van der Waals surface area contributed by atoms with E-state index in [9.17, 15) is 4.79 Å². The van der Waals surface area contributed by atoms with Gasteiger partial charge in [0.1, 0.15) is 16.4 Å². The number of aliphatic hydroxyl groups is 1. The Kier molecular flexibility index (Phi) is 8.43. The van der Waals surface area contributed by atoms with E-state index < -0.39 is 5.97 Å². The molecule has 2 aliphatic rings. The first-order valence-electron chi connectivity index (χ1n) is 11.7. The molecule has 6 nitrogen and oxygen atoms in total. The van der Waals surface area contributed by atoms with Crippen LogP contribution in [0.3, 0.4) is 0 Å². The van der Waals surface area contributed by atoms with Crippen LogP contribution in [0.1, 0.15) is 76.7 Å². The van der Waals surface area contributed by atoms with E-state index in [0.717, 1.165) is 54.7 Å². The number of carboxylic acids is 1. The second kappa shape index (κ2) is 10.9. The van der Waals surface area contributed by atoms with Crippen molar-refractivity contribution in [2.24, 2.45) is 17.1 Å². The van der Waals surface area contributed by atoms with Crippen LogP contribution in [0.15, 0.2) is 18.2 Å². The van der Waals surface area contributed by atoms with Crippen molar-refractivity contribution in [2.75, 3.05) is 20.3 Å². The Bertz CT molecular complexity index is 968. The molecular weight excluding hydrogens is 438 g/mol. The predicted octanol–water partition coefficient (Wildman–Crippen LogP) is 5.14. The Morgan fingerprint density at radius 1 is 1.24 bits per heavy atom. The monoisotopic (exact) mass is 475 g/mol. The zero-order valence-corrected chi connectivity index (χ0v) is 21.0. The molecule has 1 fully saturated rings. The summed E-state index contributed by atoms with van der Waals surface area (Å²) in [5.74, 6) is 2.18. The van der Waals surface area contributed by atoms with E-state index >= 15 is 0 Å². The maximum Gasteiger partial charge on any atom is 0.346 e. The number of ether oxygens (including phenoxy) is 2. The SMILES string of the molecule is COc1cc(OCCCCCCO)ccc1CN.Cc1sc(C(=O)O)c2c1[C@H]1[C@@H](C2)C1(C)C. The summed E-state index contributed by atoms with van der Waals surface area (Å²) in [6.07, 6.45) is 4.99. The van der Waals surface area contributed by atoms with E-state index in [1.54, 1.807) is 7.11 Å². The molecule has 1 aromatic heterocycles. The van der Waals surface area contributed by atoms with Crippen LogP contribution in [0, 0.1) is 18.3 Å². The summed E-state index contributed by atoms with van der Waals surface area (Å²) in [6.45, 7) is 8.08. The molecule has 33 heavy (non-hydrogen) atoms. The van der Waals surface area contributed by atoms with Crippen molar-refractivity contribution in [1.29, 1.82) is 0 Å². The maximum absolute atomic E-state index is 11.1. The second-order valence-corrected chi connectivity index (χ2v) is 10.7. The number of unbranched alkanes of at least 4 members (excludes halogenated alkanes) is 3. The number of hydrogen-bond acceptors (Lipinski definition) is 6. The van der Waals surface area contributed by atoms with E-state index in [2.05, 4.69) is 20.8 Å². The molecule has 2 atom stereocenters. The van der Waals surface area contributed by atoms with Gasteiger partial charge in [-0.05, 0) is 67.1 Å². The van der Waals surface area contributed by atoms with Crippen molar-refractivity contribution in [3.63, 3.8) is 0 Å². The summed E-state index contributed by atoms with van der Waals surface area (Å²) in [5, 5.41) is 17.8. The van der Waals surface area contributed by atoms with Crippen LogP contribution >= 0.6 is 11.3 Å². The Labute approximate surface area is 200 Å². The molecule has 0 radical (unpaired) electrons. The third-order valence-electron chi connectivity index (χ3n) is 7.01. The fourth-order valence-electron chi connectivity index (χ4n) is 5.05. The molecule has 4 N–H and O–H groups in total. The number of hydrogen-bond donors (Lipinski definition) is 3.